The second-order valence-electron chi connectivity index (χ2n) is 4.09. The van der Waals surface area contributed by atoms with E-state index in [4.69, 9.17) is 4.74 Å². The van der Waals surface area contributed by atoms with Crippen molar-refractivity contribution in [2.24, 2.45) is 0 Å². The molecule has 0 aromatic carbocycles. The molecule has 1 aromatic heterocycles. The summed E-state index contributed by atoms with van der Waals surface area (Å²) < 4.78 is 5.45. The highest BCUT2D eigenvalue weighted by molar-refractivity contribution is 9.10. The van der Waals surface area contributed by atoms with E-state index < -0.39 is 18.5 Å². The lowest BCUT2D eigenvalue weighted by Crippen LogP contribution is -2.38. The van der Waals surface area contributed by atoms with E-state index in [1.54, 1.807) is 0 Å². The Morgan fingerprint density at radius 2 is 2.00 bits per heavy atom. The number of halogens is 1. The molecule has 0 saturated heterocycles. The van der Waals surface area contributed by atoms with Gasteiger partial charge in [0.1, 0.15) is 0 Å². The minimum atomic E-state index is -0.658. The maximum absolute atomic E-state index is 11.6. The summed E-state index contributed by atoms with van der Waals surface area (Å²) in [5, 5.41) is 4.97. The average molecular weight is 358 g/mol. The summed E-state index contributed by atoms with van der Waals surface area (Å²) in [5.74, 6) is -1.49. The Morgan fingerprint density at radius 1 is 1.24 bits per heavy atom. The Balaban J connectivity index is 2.30. The van der Waals surface area contributed by atoms with Crippen molar-refractivity contribution in [3.8, 4) is 0 Å². The van der Waals surface area contributed by atoms with Gasteiger partial charge in [0.05, 0.1) is 12.1 Å². The van der Waals surface area contributed by atoms with Gasteiger partial charge in [-0.15, -0.1) is 0 Å². The first-order chi connectivity index (χ1) is 10.0. The largest absolute Gasteiger partial charge is 0.452 e. The van der Waals surface area contributed by atoms with Crippen LogP contribution in [0.5, 0.6) is 0 Å². The minimum Gasteiger partial charge on any atom is -0.452 e. The Bertz CT molecular complexity index is 522. The van der Waals surface area contributed by atoms with E-state index in [-0.39, 0.29) is 18.0 Å². The third-order valence-electron chi connectivity index (χ3n) is 2.29. The second kappa shape index (κ2) is 9.06. The van der Waals surface area contributed by atoms with Crippen LogP contribution in [0.15, 0.2) is 22.9 Å². The topological polar surface area (TPSA) is 97.4 Å². The molecule has 0 aliphatic carbocycles. The first kappa shape index (κ1) is 17.1. The number of hydrogen-bond acceptors (Lipinski definition) is 5. The van der Waals surface area contributed by atoms with Gasteiger partial charge in [0.2, 0.25) is 5.91 Å². The smallest absolute Gasteiger partial charge is 0.340 e. The van der Waals surface area contributed by atoms with Crippen molar-refractivity contribution in [3.63, 3.8) is 0 Å². The molecule has 0 fully saturated rings. The van der Waals surface area contributed by atoms with E-state index in [0.29, 0.717) is 11.0 Å². The van der Waals surface area contributed by atoms with Gasteiger partial charge in [-0.2, -0.15) is 0 Å². The highest BCUT2D eigenvalue weighted by Crippen LogP contribution is 2.10. The van der Waals surface area contributed by atoms with Gasteiger partial charge < -0.3 is 15.4 Å². The number of hydrogen-bond donors (Lipinski definition) is 2. The van der Waals surface area contributed by atoms with Crippen LogP contribution in [-0.4, -0.2) is 42.5 Å². The maximum Gasteiger partial charge on any atom is 0.340 e. The fourth-order valence-corrected chi connectivity index (χ4v) is 1.66. The molecule has 1 heterocycles. The number of amides is 2. The van der Waals surface area contributed by atoms with Gasteiger partial charge in [-0.1, -0.05) is 6.92 Å². The fraction of sp³-hybridized carbons (Fsp3) is 0.385. The summed E-state index contributed by atoms with van der Waals surface area (Å²) in [4.78, 5) is 38.1. The number of nitrogens with zero attached hydrogens (tertiary/aromatic N) is 1. The summed E-state index contributed by atoms with van der Waals surface area (Å²) in [6, 6.07) is 1.53. The lowest BCUT2D eigenvalue weighted by molar-refractivity contribution is -0.127. The summed E-state index contributed by atoms with van der Waals surface area (Å²) in [5.41, 5.74) is 0.234. The molecule has 0 unspecified atom stereocenters. The van der Waals surface area contributed by atoms with E-state index in [1.165, 1.54) is 18.5 Å². The summed E-state index contributed by atoms with van der Waals surface area (Å²) in [7, 11) is 0. The number of aromatic nitrogens is 1. The van der Waals surface area contributed by atoms with E-state index in [1.807, 2.05) is 6.92 Å². The molecule has 0 aliphatic rings. The number of esters is 1. The first-order valence-electron chi connectivity index (χ1n) is 6.34. The molecular formula is C13H16BrN3O4. The van der Waals surface area contributed by atoms with Crippen LogP contribution in [0.1, 0.15) is 23.7 Å². The van der Waals surface area contributed by atoms with Crippen molar-refractivity contribution in [1.29, 1.82) is 0 Å². The quantitative estimate of drug-likeness (QED) is 0.698. The van der Waals surface area contributed by atoms with Crippen molar-refractivity contribution < 1.29 is 19.1 Å². The van der Waals surface area contributed by atoms with Gasteiger partial charge >= 0.3 is 5.97 Å². The van der Waals surface area contributed by atoms with Gasteiger partial charge in [-0.05, 0) is 28.4 Å². The SMILES string of the molecule is CCCNC(=O)CNC(=O)COC(=O)c1cncc(Br)c1. The van der Waals surface area contributed by atoms with Crippen molar-refractivity contribution in [2.75, 3.05) is 19.7 Å². The van der Waals surface area contributed by atoms with Crippen LogP contribution in [-0.2, 0) is 14.3 Å². The summed E-state index contributed by atoms with van der Waals surface area (Å²) >= 11 is 3.18. The molecule has 0 saturated carbocycles. The maximum atomic E-state index is 11.6. The molecule has 1 aromatic rings. The molecule has 0 atom stereocenters. The van der Waals surface area contributed by atoms with Crippen LogP contribution in [0.25, 0.3) is 0 Å². The van der Waals surface area contributed by atoms with Crippen LogP contribution in [0.3, 0.4) is 0 Å². The third kappa shape index (κ3) is 6.84. The van der Waals surface area contributed by atoms with E-state index in [2.05, 4.69) is 31.5 Å². The predicted molar refractivity (Wildman–Crippen MR) is 78.5 cm³/mol. The van der Waals surface area contributed by atoms with Crippen molar-refractivity contribution in [2.45, 2.75) is 13.3 Å². The number of ether oxygens (including phenoxy) is 1. The minimum absolute atomic E-state index is 0.144. The molecule has 0 radical (unpaired) electrons. The number of rotatable bonds is 7. The predicted octanol–water partition coefficient (Wildman–Crippen LogP) is 0.643. The van der Waals surface area contributed by atoms with Gasteiger partial charge in [-0.25, -0.2) is 4.79 Å². The number of nitrogens with one attached hydrogen (secondary N) is 2. The molecule has 21 heavy (non-hydrogen) atoms. The Morgan fingerprint density at radius 3 is 2.67 bits per heavy atom. The van der Waals surface area contributed by atoms with Gasteiger partial charge in [-0.3, -0.25) is 14.6 Å². The molecule has 114 valence electrons. The van der Waals surface area contributed by atoms with Crippen LogP contribution in [0.4, 0.5) is 0 Å². The van der Waals surface area contributed by atoms with Gasteiger partial charge in [0.15, 0.2) is 6.61 Å². The van der Waals surface area contributed by atoms with Crippen molar-refractivity contribution in [1.82, 2.24) is 15.6 Å². The van der Waals surface area contributed by atoms with Gasteiger partial charge in [0, 0.05) is 23.4 Å². The highest BCUT2D eigenvalue weighted by Gasteiger charge is 2.11. The monoisotopic (exact) mass is 357 g/mol. The first-order valence-corrected chi connectivity index (χ1v) is 7.13. The molecule has 2 N–H and O–H groups in total. The Labute approximate surface area is 130 Å². The average Bonchev–Trinajstić information content (AvgIpc) is 2.48. The van der Waals surface area contributed by atoms with E-state index >= 15 is 0 Å². The fourth-order valence-electron chi connectivity index (χ4n) is 1.29. The number of carbonyl (C=O) groups is 3. The molecular weight excluding hydrogens is 342 g/mol. The molecule has 0 aliphatic heterocycles. The zero-order valence-corrected chi connectivity index (χ0v) is 13.1. The standard InChI is InChI=1S/C13H16BrN3O4/c1-2-3-16-11(18)7-17-12(19)8-21-13(20)9-4-10(14)6-15-5-9/h4-6H,2-3,7-8H2,1H3,(H,16,18)(H,17,19). The Kier molecular flexibility index (Phi) is 7.38. The highest BCUT2D eigenvalue weighted by atomic mass is 79.9. The van der Waals surface area contributed by atoms with Crippen molar-refractivity contribution >= 4 is 33.7 Å². The molecule has 7 nitrogen and oxygen atoms in total. The molecule has 2 amide bonds. The zero-order valence-electron chi connectivity index (χ0n) is 11.5. The molecule has 0 spiro atoms. The van der Waals surface area contributed by atoms with Gasteiger partial charge in [0.25, 0.3) is 5.91 Å². The second-order valence-corrected chi connectivity index (χ2v) is 5.01. The van der Waals surface area contributed by atoms with Crippen LogP contribution in [0, 0.1) is 0 Å². The molecule has 8 heteroatoms. The van der Waals surface area contributed by atoms with Crippen LogP contribution in [0.2, 0.25) is 0 Å². The number of carbonyl (C=O) groups excluding carboxylic acids is 3. The third-order valence-corrected chi connectivity index (χ3v) is 2.73. The molecule has 1 rings (SSSR count). The molecule has 0 bridgehead atoms. The van der Waals surface area contributed by atoms with E-state index in [9.17, 15) is 14.4 Å². The summed E-state index contributed by atoms with van der Waals surface area (Å²) in [6.45, 7) is 1.88. The normalized spacial score (nSPS) is 9.81. The Hall–Kier alpha value is -1.96. The van der Waals surface area contributed by atoms with E-state index in [0.717, 1.165) is 6.42 Å². The van der Waals surface area contributed by atoms with Crippen molar-refractivity contribution in [3.05, 3.63) is 28.5 Å². The lowest BCUT2D eigenvalue weighted by Gasteiger charge is -2.07. The van der Waals surface area contributed by atoms with Crippen LogP contribution >= 0.6 is 15.9 Å². The lowest BCUT2D eigenvalue weighted by atomic mass is 10.3. The zero-order chi connectivity index (χ0) is 15.7. The summed E-state index contributed by atoms with van der Waals surface area (Å²) in [6.07, 6.45) is 3.68. The van der Waals surface area contributed by atoms with Crippen LogP contribution < -0.4 is 10.6 Å². The number of pyridine rings is 1.